The highest BCUT2D eigenvalue weighted by Gasteiger charge is 2.34. The van der Waals surface area contributed by atoms with Crippen molar-refractivity contribution in [2.24, 2.45) is 0 Å². The molecule has 1 fully saturated rings. The molecule has 0 N–H and O–H groups in total. The minimum atomic E-state index is -4.49. The number of amides is 1. The number of aromatic nitrogens is 1. The molecule has 1 atom stereocenters. The van der Waals surface area contributed by atoms with Gasteiger partial charge in [0.05, 0.1) is 19.6 Å². The lowest BCUT2D eigenvalue weighted by atomic mass is 9.98. The van der Waals surface area contributed by atoms with Gasteiger partial charge in [-0.2, -0.15) is 13.2 Å². The quantitative estimate of drug-likeness (QED) is 0.762. The standard InChI is InChI=1S/C21H23F3N2O2/c1-13-16(6-4-8-18(13)28-3)17-7-5-11-26(17)20(27)12-15-9-10-19(21(22,23)24)25-14(15)2/h4,6,8-10,17H,5,7,11-12H2,1-3H3/t17-/m0/s1. The molecular formula is C21H23F3N2O2. The van der Waals surface area contributed by atoms with Gasteiger partial charge in [-0.1, -0.05) is 18.2 Å². The highest BCUT2D eigenvalue weighted by molar-refractivity contribution is 5.80. The SMILES string of the molecule is COc1cccc([C@@H]2CCCN2C(=O)Cc2ccc(C(F)(F)F)nc2C)c1C. The molecule has 2 aromatic rings. The summed E-state index contributed by atoms with van der Waals surface area (Å²) >= 11 is 0. The van der Waals surface area contributed by atoms with Crippen LogP contribution in [-0.4, -0.2) is 29.4 Å². The summed E-state index contributed by atoms with van der Waals surface area (Å²) in [4.78, 5) is 18.4. The number of carbonyl (C=O) groups is 1. The zero-order valence-corrected chi connectivity index (χ0v) is 16.1. The number of hydrogen-bond acceptors (Lipinski definition) is 3. The molecule has 7 heteroatoms. The summed E-state index contributed by atoms with van der Waals surface area (Å²) in [6.45, 7) is 4.11. The maximum Gasteiger partial charge on any atom is 0.433 e. The van der Waals surface area contributed by atoms with Crippen molar-refractivity contribution in [2.75, 3.05) is 13.7 Å². The molecule has 2 heterocycles. The number of benzene rings is 1. The molecule has 1 aliphatic heterocycles. The van der Waals surface area contributed by atoms with Crippen LogP contribution in [0, 0.1) is 13.8 Å². The van der Waals surface area contributed by atoms with E-state index < -0.39 is 11.9 Å². The van der Waals surface area contributed by atoms with Crippen LogP contribution in [0.15, 0.2) is 30.3 Å². The Kier molecular flexibility index (Phi) is 5.63. The molecular weight excluding hydrogens is 369 g/mol. The van der Waals surface area contributed by atoms with Crippen LogP contribution in [0.3, 0.4) is 0 Å². The number of ether oxygens (including phenoxy) is 1. The topological polar surface area (TPSA) is 42.4 Å². The summed E-state index contributed by atoms with van der Waals surface area (Å²) in [6.07, 6.45) is -2.71. The lowest BCUT2D eigenvalue weighted by Gasteiger charge is -2.27. The summed E-state index contributed by atoms with van der Waals surface area (Å²) in [5.74, 6) is 0.675. The number of likely N-dealkylation sites (tertiary alicyclic amines) is 1. The maximum absolute atomic E-state index is 12.9. The second-order valence-corrected chi connectivity index (χ2v) is 7.04. The molecule has 3 rings (SSSR count). The van der Waals surface area contributed by atoms with Gasteiger partial charge in [0.15, 0.2) is 0 Å². The molecule has 28 heavy (non-hydrogen) atoms. The number of hydrogen-bond donors (Lipinski definition) is 0. The van der Waals surface area contributed by atoms with Crippen LogP contribution < -0.4 is 4.74 Å². The Balaban J connectivity index is 1.81. The fraction of sp³-hybridized carbons (Fsp3) is 0.429. The maximum atomic E-state index is 12.9. The zero-order chi connectivity index (χ0) is 20.5. The molecule has 4 nitrogen and oxygen atoms in total. The van der Waals surface area contributed by atoms with Crippen molar-refractivity contribution in [3.8, 4) is 5.75 Å². The number of methoxy groups -OCH3 is 1. The van der Waals surface area contributed by atoms with Crippen molar-refractivity contribution in [3.63, 3.8) is 0 Å². The third-order valence-corrected chi connectivity index (χ3v) is 5.31. The predicted octanol–water partition coefficient (Wildman–Crippen LogP) is 4.63. The van der Waals surface area contributed by atoms with Crippen molar-refractivity contribution in [3.05, 3.63) is 58.4 Å². The summed E-state index contributed by atoms with van der Waals surface area (Å²) in [5.41, 5.74) is 1.87. The van der Waals surface area contributed by atoms with Crippen molar-refractivity contribution in [2.45, 2.75) is 45.3 Å². The van der Waals surface area contributed by atoms with Crippen LogP contribution >= 0.6 is 0 Å². The number of nitrogens with zero attached hydrogens (tertiary/aromatic N) is 2. The first-order valence-corrected chi connectivity index (χ1v) is 9.19. The number of carbonyl (C=O) groups excluding carboxylic acids is 1. The van der Waals surface area contributed by atoms with Crippen LogP contribution in [0.1, 0.15) is 47.0 Å². The molecule has 1 saturated heterocycles. The van der Waals surface area contributed by atoms with E-state index in [1.54, 1.807) is 7.11 Å². The average Bonchev–Trinajstić information content (AvgIpc) is 3.12. The van der Waals surface area contributed by atoms with Gasteiger partial charge in [0.25, 0.3) is 0 Å². The van der Waals surface area contributed by atoms with Crippen molar-refractivity contribution in [1.82, 2.24) is 9.88 Å². The molecule has 0 bridgehead atoms. The number of alkyl halides is 3. The van der Waals surface area contributed by atoms with Gasteiger partial charge in [0, 0.05) is 12.2 Å². The van der Waals surface area contributed by atoms with Gasteiger partial charge in [-0.15, -0.1) is 0 Å². The molecule has 1 aliphatic rings. The first-order chi connectivity index (χ1) is 13.2. The van der Waals surface area contributed by atoms with E-state index in [1.165, 1.54) is 13.0 Å². The Morgan fingerprint density at radius 1 is 1.25 bits per heavy atom. The van der Waals surface area contributed by atoms with Gasteiger partial charge < -0.3 is 9.64 Å². The summed E-state index contributed by atoms with van der Waals surface area (Å²) in [6, 6.07) is 8.03. The third-order valence-electron chi connectivity index (χ3n) is 5.31. The fourth-order valence-electron chi connectivity index (χ4n) is 3.80. The second kappa shape index (κ2) is 7.81. The molecule has 0 spiro atoms. The van der Waals surface area contributed by atoms with E-state index >= 15 is 0 Å². The number of halogens is 3. The van der Waals surface area contributed by atoms with E-state index in [9.17, 15) is 18.0 Å². The summed E-state index contributed by atoms with van der Waals surface area (Å²) in [7, 11) is 1.62. The van der Waals surface area contributed by atoms with Crippen molar-refractivity contribution < 1.29 is 22.7 Å². The van der Waals surface area contributed by atoms with E-state index in [4.69, 9.17) is 4.74 Å². The minimum Gasteiger partial charge on any atom is -0.496 e. The molecule has 0 radical (unpaired) electrons. The molecule has 1 aromatic carbocycles. The lowest BCUT2D eigenvalue weighted by Crippen LogP contribution is -2.32. The van der Waals surface area contributed by atoms with E-state index in [0.717, 1.165) is 35.8 Å². The Bertz CT molecular complexity index is 880. The van der Waals surface area contributed by atoms with E-state index in [-0.39, 0.29) is 24.1 Å². The number of pyridine rings is 1. The smallest absolute Gasteiger partial charge is 0.433 e. The van der Waals surface area contributed by atoms with Gasteiger partial charge in [-0.25, -0.2) is 4.98 Å². The van der Waals surface area contributed by atoms with Crippen LogP contribution in [0.5, 0.6) is 5.75 Å². The monoisotopic (exact) mass is 392 g/mol. The minimum absolute atomic E-state index is 0.0382. The van der Waals surface area contributed by atoms with Crippen LogP contribution in [0.2, 0.25) is 0 Å². The lowest BCUT2D eigenvalue weighted by molar-refractivity contribution is -0.141. The zero-order valence-electron chi connectivity index (χ0n) is 16.1. The predicted molar refractivity (Wildman–Crippen MR) is 99.1 cm³/mol. The van der Waals surface area contributed by atoms with Crippen molar-refractivity contribution in [1.29, 1.82) is 0 Å². The highest BCUT2D eigenvalue weighted by Crippen LogP contribution is 2.37. The second-order valence-electron chi connectivity index (χ2n) is 7.04. The van der Waals surface area contributed by atoms with Gasteiger partial charge in [0.2, 0.25) is 5.91 Å². The van der Waals surface area contributed by atoms with Gasteiger partial charge in [-0.05, 0) is 55.5 Å². The van der Waals surface area contributed by atoms with E-state index in [0.29, 0.717) is 12.1 Å². The summed E-state index contributed by atoms with van der Waals surface area (Å²) in [5, 5.41) is 0. The van der Waals surface area contributed by atoms with Gasteiger partial charge in [-0.3, -0.25) is 4.79 Å². The Labute approximate surface area is 162 Å². The van der Waals surface area contributed by atoms with Gasteiger partial charge >= 0.3 is 6.18 Å². The first kappa shape index (κ1) is 20.2. The molecule has 150 valence electrons. The van der Waals surface area contributed by atoms with Crippen LogP contribution in [0.25, 0.3) is 0 Å². The number of rotatable bonds is 4. The van der Waals surface area contributed by atoms with Gasteiger partial charge in [0.1, 0.15) is 11.4 Å². The largest absolute Gasteiger partial charge is 0.496 e. The summed E-state index contributed by atoms with van der Waals surface area (Å²) < 4.78 is 43.8. The normalized spacial score (nSPS) is 17.1. The molecule has 0 saturated carbocycles. The van der Waals surface area contributed by atoms with E-state index in [1.807, 2.05) is 30.0 Å². The Hall–Kier alpha value is -2.57. The Morgan fingerprint density at radius 2 is 2.00 bits per heavy atom. The molecule has 0 unspecified atom stereocenters. The Morgan fingerprint density at radius 3 is 2.64 bits per heavy atom. The number of aryl methyl sites for hydroxylation is 1. The highest BCUT2D eigenvalue weighted by atomic mass is 19.4. The molecule has 1 amide bonds. The van der Waals surface area contributed by atoms with Crippen LogP contribution in [-0.2, 0) is 17.4 Å². The fourth-order valence-corrected chi connectivity index (χ4v) is 3.80. The van der Waals surface area contributed by atoms with Crippen molar-refractivity contribution >= 4 is 5.91 Å². The first-order valence-electron chi connectivity index (χ1n) is 9.19. The van der Waals surface area contributed by atoms with Crippen LogP contribution in [0.4, 0.5) is 13.2 Å². The molecule has 0 aliphatic carbocycles. The average molecular weight is 392 g/mol. The molecule has 1 aromatic heterocycles. The third kappa shape index (κ3) is 3.98. The van der Waals surface area contributed by atoms with E-state index in [2.05, 4.69) is 4.98 Å².